The lowest BCUT2D eigenvalue weighted by molar-refractivity contribution is -0.116. The van der Waals surface area contributed by atoms with Crippen LogP contribution in [0.25, 0.3) is 0 Å². The Labute approximate surface area is 187 Å². The van der Waals surface area contributed by atoms with Gasteiger partial charge in [0.15, 0.2) is 0 Å². The van der Waals surface area contributed by atoms with Crippen molar-refractivity contribution >= 4 is 38.9 Å². The molecule has 172 valence electrons. The lowest BCUT2D eigenvalue weighted by atomic mass is 10.1. The smallest absolute Gasteiger partial charge is 0.243 e. The van der Waals surface area contributed by atoms with Crippen molar-refractivity contribution < 1.29 is 22.4 Å². The molecule has 8 nitrogen and oxygen atoms in total. The minimum absolute atomic E-state index is 0.0123. The lowest BCUT2D eigenvalue weighted by Crippen LogP contribution is -2.35. The molecule has 0 atom stereocenters. The standard InChI is InChI=1S/C22H27FN4O4S/c1-16(28)24-18-7-9-19(10-8-18)32(30,31)26(2)15-22(29)25-20-14-17(23)6-11-21(20)27-12-4-3-5-13-27/h6-11,14H,3-5,12-13,15H2,1-2H3,(H,24,28)(H,25,29). The summed E-state index contributed by atoms with van der Waals surface area (Å²) in [5, 5.41) is 5.22. The number of carbonyl (C=O) groups is 2. The highest BCUT2D eigenvalue weighted by atomic mass is 32.2. The number of carbonyl (C=O) groups excluding carboxylic acids is 2. The number of anilines is 3. The zero-order valence-electron chi connectivity index (χ0n) is 18.1. The van der Waals surface area contributed by atoms with Gasteiger partial charge in [0.25, 0.3) is 0 Å². The van der Waals surface area contributed by atoms with Crippen LogP contribution in [0.3, 0.4) is 0 Å². The van der Waals surface area contributed by atoms with Crippen molar-refractivity contribution in [2.24, 2.45) is 0 Å². The number of hydrogen-bond acceptors (Lipinski definition) is 5. The van der Waals surface area contributed by atoms with E-state index in [1.807, 2.05) is 0 Å². The summed E-state index contributed by atoms with van der Waals surface area (Å²) in [5.41, 5.74) is 1.51. The van der Waals surface area contributed by atoms with Gasteiger partial charge >= 0.3 is 0 Å². The van der Waals surface area contributed by atoms with E-state index in [4.69, 9.17) is 0 Å². The Kier molecular flexibility index (Phi) is 7.47. The molecule has 0 aromatic heterocycles. The molecule has 2 aromatic carbocycles. The van der Waals surface area contributed by atoms with E-state index in [0.29, 0.717) is 11.4 Å². The van der Waals surface area contributed by atoms with Crippen LogP contribution in [0.2, 0.25) is 0 Å². The minimum Gasteiger partial charge on any atom is -0.370 e. The van der Waals surface area contributed by atoms with Crippen molar-refractivity contribution in [2.45, 2.75) is 31.1 Å². The third-order valence-electron chi connectivity index (χ3n) is 5.18. The lowest BCUT2D eigenvalue weighted by Gasteiger charge is -2.30. The fourth-order valence-electron chi connectivity index (χ4n) is 3.59. The fourth-order valence-corrected chi connectivity index (χ4v) is 4.72. The van der Waals surface area contributed by atoms with Gasteiger partial charge < -0.3 is 15.5 Å². The SMILES string of the molecule is CC(=O)Nc1ccc(S(=O)(=O)N(C)CC(=O)Nc2cc(F)ccc2N2CCCCC2)cc1. The Morgan fingerprint density at radius 3 is 2.31 bits per heavy atom. The molecule has 2 amide bonds. The molecule has 0 spiro atoms. The van der Waals surface area contributed by atoms with E-state index >= 15 is 0 Å². The van der Waals surface area contributed by atoms with Crippen LogP contribution in [0.15, 0.2) is 47.4 Å². The number of hydrogen-bond donors (Lipinski definition) is 2. The van der Waals surface area contributed by atoms with Crippen molar-refractivity contribution in [2.75, 3.05) is 42.2 Å². The van der Waals surface area contributed by atoms with Crippen LogP contribution >= 0.6 is 0 Å². The third kappa shape index (κ3) is 5.83. The number of nitrogens with one attached hydrogen (secondary N) is 2. The molecule has 0 saturated carbocycles. The van der Waals surface area contributed by atoms with E-state index in [1.165, 1.54) is 50.4 Å². The molecule has 0 unspecified atom stereocenters. The van der Waals surface area contributed by atoms with Gasteiger partial charge in [0.2, 0.25) is 21.8 Å². The highest BCUT2D eigenvalue weighted by Crippen LogP contribution is 2.29. The molecule has 1 aliphatic rings. The van der Waals surface area contributed by atoms with E-state index in [9.17, 15) is 22.4 Å². The number of benzene rings is 2. The second kappa shape index (κ2) is 10.1. The van der Waals surface area contributed by atoms with Gasteiger partial charge in [-0.25, -0.2) is 12.8 Å². The predicted molar refractivity (Wildman–Crippen MR) is 122 cm³/mol. The monoisotopic (exact) mass is 462 g/mol. The summed E-state index contributed by atoms with van der Waals surface area (Å²) in [4.78, 5) is 25.8. The molecular weight excluding hydrogens is 435 g/mol. The zero-order chi connectivity index (χ0) is 23.3. The summed E-state index contributed by atoms with van der Waals surface area (Å²) < 4.78 is 40.4. The molecule has 2 aromatic rings. The number of amides is 2. The van der Waals surface area contributed by atoms with Crippen LogP contribution in [-0.2, 0) is 19.6 Å². The van der Waals surface area contributed by atoms with E-state index in [-0.39, 0.29) is 10.8 Å². The maximum atomic E-state index is 13.8. The molecule has 1 fully saturated rings. The molecule has 0 bridgehead atoms. The van der Waals surface area contributed by atoms with Crippen molar-refractivity contribution in [1.82, 2.24) is 4.31 Å². The van der Waals surface area contributed by atoms with Crippen molar-refractivity contribution in [3.63, 3.8) is 0 Å². The maximum absolute atomic E-state index is 13.8. The summed E-state index contributed by atoms with van der Waals surface area (Å²) in [6.07, 6.45) is 3.17. The van der Waals surface area contributed by atoms with Gasteiger partial charge in [-0.1, -0.05) is 0 Å². The van der Waals surface area contributed by atoms with Crippen molar-refractivity contribution in [1.29, 1.82) is 0 Å². The molecular formula is C22H27FN4O4S. The maximum Gasteiger partial charge on any atom is 0.243 e. The van der Waals surface area contributed by atoms with Crippen LogP contribution in [0.5, 0.6) is 0 Å². The highest BCUT2D eigenvalue weighted by Gasteiger charge is 2.24. The van der Waals surface area contributed by atoms with E-state index in [1.54, 1.807) is 6.07 Å². The van der Waals surface area contributed by atoms with E-state index < -0.39 is 28.3 Å². The van der Waals surface area contributed by atoms with Gasteiger partial charge in [0, 0.05) is 32.7 Å². The topological polar surface area (TPSA) is 98.8 Å². The molecule has 3 rings (SSSR count). The largest absolute Gasteiger partial charge is 0.370 e. The second-order valence-corrected chi connectivity index (χ2v) is 9.77. The Morgan fingerprint density at radius 1 is 1.03 bits per heavy atom. The molecule has 32 heavy (non-hydrogen) atoms. The molecule has 10 heteroatoms. The Balaban J connectivity index is 1.70. The first-order valence-corrected chi connectivity index (χ1v) is 11.8. The molecule has 0 aliphatic carbocycles. The predicted octanol–water partition coefficient (Wildman–Crippen LogP) is 3.03. The van der Waals surface area contributed by atoms with Gasteiger partial charge in [-0.15, -0.1) is 0 Å². The summed E-state index contributed by atoms with van der Waals surface area (Å²) in [7, 11) is -2.64. The zero-order valence-corrected chi connectivity index (χ0v) is 18.9. The van der Waals surface area contributed by atoms with Crippen LogP contribution in [-0.4, -0.2) is 51.2 Å². The van der Waals surface area contributed by atoms with Gasteiger partial charge in [-0.05, 0) is 61.7 Å². The molecule has 1 heterocycles. The summed E-state index contributed by atoms with van der Waals surface area (Å²) in [6, 6.07) is 9.89. The summed E-state index contributed by atoms with van der Waals surface area (Å²) in [5.74, 6) is -1.33. The fraction of sp³-hybridized carbons (Fsp3) is 0.364. The number of likely N-dealkylation sites (N-methyl/N-ethyl adjacent to an activating group) is 1. The van der Waals surface area contributed by atoms with Gasteiger partial charge in [-0.3, -0.25) is 9.59 Å². The minimum atomic E-state index is -3.94. The first kappa shape index (κ1) is 23.7. The molecule has 2 N–H and O–H groups in total. The van der Waals surface area contributed by atoms with Crippen LogP contribution < -0.4 is 15.5 Å². The molecule has 0 radical (unpaired) electrons. The Morgan fingerprint density at radius 2 is 1.69 bits per heavy atom. The quantitative estimate of drug-likeness (QED) is 0.659. The number of sulfonamides is 1. The number of piperidine rings is 1. The normalized spacial score (nSPS) is 14.3. The van der Waals surface area contributed by atoms with E-state index in [2.05, 4.69) is 15.5 Å². The first-order chi connectivity index (χ1) is 15.2. The number of nitrogens with zero attached hydrogens (tertiary/aromatic N) is 2. The van der Waals surface area contributed by atoms with Crippen molar-refractivity contribution in [3.05, 3.63) is 48.3 Å². The Hall–Kier alpha value is -2.98. The van der Waals surface area contributed by atoms with E-state index in [0.717, 1.165) is 42.3 Å². The third-order valence-corrected chi connectivity index (χ3v) is 7.00. The first-order valence-electron chi connectivity index (χ1n) is 10.3. The average Bonchev–Trinajstić information content (AvgIpc) is 2.74. The van der Waals surface area contributed by atoms with Crippen LogP contribution in [0.4, 0.5) is 21.5 Å². The van der Waals surface area contributed by atoms with Gasteiger partial charge in [0.1, 0.15) is 5.82 Å². The summed E-state index contributed by atoms with van der Waals surface area (Å²) in [6.45, 7) is 2.55. The number of halogens is 1. The molecule has 1 saturated heterocycles. The summed E-state index contributed by atoms with van der Waals surface area (Å²) >= 11 is 0. The second-order valence-electron chi connectivity index (χ2n) is 7.72. The van der Waals surface area contributed by atoms with Gasteiger partial charge in [0.05, 0.1) is 22.8 Å². The van der Waals surface area contributed by atoms with Crippen LogP contribution in [0.1, 0.15) is 26.2 Å². The van der Waals surface area contributed by atoms with Crippen molar-refractivity contribution in [3.8, 4) is 0 Å². The van der Waals surface area contributed by atoms with Crippen LogP contribution in [0, 0.1) is 5.82 Å². The van der Waals surface area contributed by atoms with Gasteiger partial charge in [-0.2, -0.15) is 4.31 Å². The molecule has 1 aliphatic heterocycles. The highest BCUT2D eigenvalue weighted by molar-refractivity contribution is 7.89. The number of rotatable bonds is 7. The average molecular weight is 463 g/mol. The Bertz CT molecular complexity index is 1080.